The average Bonchev–Trinajstić information content (AvgIpc) is 2.49. The lowest BCUT2D eigenvalue weighted by Gasteiger charge is -2.13. The Kier molecular flexibility index (Phi) is 3.76. The van der Waals surface area contributed by atoms with Crippen molar-refractivity contribution in [3.8, 4) is 28.8 Å². The number of benzene rings is 1. The lowest BCUT2D eigenvalue weighted by atomic mass is 10.1. The van der Waals surface area contributed by atoms with Crippen molar-refractivity contribution in [3.63, 3.8) is 0 Å². The van der Waals surface area contributed by atoms with Crippen molar-refractivity contribution in [3.05, 3.63) is 46.2 Å². The van der Waals surface area contributed by atoms with Gasteiger partial charge in [0.05, 0.1) is 19.9 Å². The van der Waals surface area contributed by atoms with Crippen molar-refractivity contribution < 1.29 is 9.47 Å². The summed E-state index contributed by atoms with van der Waals surface area (Å²) in [6, 6.07) is 10.5. The molecule has 0 unspecified atom stereocenters. The first-order valence-electron chi connectivity index (χ1n) is 5.95. The van der Waals surface area contributed by atoms with Gasteiger partial charge >= 0.3 is 0 Å². The second kappa shape index (κ2) is 5.49. The fourth-order valence-corrected chi connectivity index (χ4v) is 2.00. The maximum absolute atomic E-state index is 12.0. The first-order chi connectivity index (χ1) is 9.62. The lowest BCUT2D eigenvalue weighted by Crippen LogP contribution is -2.20. The molecule has 0 saturated carbocycles. The molecule has 1 heterocycles. The maximum Gasteiger partial charge on any atom is 0.268 e. The summed E-state index contributed by atoms with van der Waals surface area (Å²) in [4.78, 5) is 12.0. The van der Waals surface area contributed by atoms with E-state index in [1.807, 2.05) is 12.1 Å². The summed E-state index contributed by atoms with van der Waals surface area (Å²) < 4.78 is 11.9. The van der Waals surface area contributed by atoms with Gasteiger partial charge < -0.3 is 14.0 Å². The molecule has 2 rings (SSSR count). The Balaban J connectivity index is 2.67. The van der Waals surface area contributed by atoms with Gasteiger partial charge in [0, 0.05) is 18.7 Å². The smallest absolute Gasteiger partial charge is 0.268 e. The molecule has 1 aromatic carbocycles. The van der Waals surface area contributed by atoms with Crippen LogP contribution in [0, 0.1) is 11.3 Å². The Hall–Kier alpha value is -2.74. The van der Waals surface area contributed by atoms with Crippen LogP contribution in [0.25, 0.3) is 11.3 Å². The fraction of sp³-hybridized carbons (Fsp3) is 0.200. The number of nitriles is 1. The van der Waals surface area contributed by atoms with E-state index in [4.69, 9.17) is 14.7 Å². The standard InChI is InChI=1S/C15H14N2O3/c1-17-13(7-4-10(9-16)15(17)18)12-6-5-11(19-2)8-14(12)20-3/h4-8H,1-3H3. The quantitative estimate of drug-likeness (QED) is 0.855. The van der Waals surface area contributed by atoms with Crippen molar-refractivity contribution in [1.29, 1.82) is 5.26 Å². The van der Waals surface area contributed by atoms with Gasteiger partial charge in [0.2, 0.25) is 0 Å². The van der Waals surface area contributed by atoms with E-state index in [9.17, 15) is 4.79 Å². The third kappa shape index (κ3) is 2.24. The molecule has 5 heteroatoms. The van der Waals surface area contributed by atoms with Crippen molar-refractivity contribution in [1.82, 2.24) is 4.57 Å². The van der Waals surface area contributed by atoms with Crippen molar-refractivity contribution in [2.24, 2.45) is 7.05 Å². The largest absolute Gasteiger partial charge is 0.497 e. The molecule has 0 bridgehead atoms. The average molecular weight is 270 g/mol. The van der Waals surface area contributed by atoms with E-state index in [0.29, 0.717) is 17.2 Å². The monoisotopic (exact) mass is 270 g/mol. The Morgan fingerprint density at radius 2 is 1.90 bits per heavy atom. The number of hydrogen-bond acceptors (Lipinski definition) is 4. The normalized spacial score (nSPS) is 9.90. The topological polar surface area (TPSA) is 64.2 Å². The van der Waals surface area contributed by atoms with Gasteiger partial charge in [-0.25, -0.2) is 0 Å². The third-order valence-electron chi connectivity index (χ3n) is 3.11. The third-order valence-corrected chi connectivity index (χ3v) is 3.11. The molecule has 1 aromatic heterocycles. The molecule has 0 spiro atoms. The maximum atomic E-state index is 12.0. The second-order valence-corrected chi connectivity index (χ2v) is 4.17. The van der Waals surface area contributed by atoms with Gasteiger partial charge in [0.25, 0.3) is 5.56 Å². The summed E-state index contributed by atoms with van der Waals surface area (Å²) in [6.07, 6.45) is 0. The zero-order chi connectivity index (χ0) is 14.7. The molecule has 0 atom stereocenters. The zero-order valence-electron chi connectivity index (χ0n) is 11.5. The summed E-state index contributed by atoms with van der Waals surface area (Å²) in [5.74, 6) is 1.27. The number of pyridine rings is 1. The number of aromatic nitrogens is 1. The van der Waals surface area contributed by atoms with Gasteiger partial charge in [-0.05, 0) is 24.3 Å². The molecule has 0 aliphatic rings. The van der Waals surface area contributed by atoms with Crippen LogP contribution >= 0.6 is 0 Å². The molecule has 0 amide bonds. The van der Waals surface area contributed by atoms with Crippen LogP contribution in [0.1, 0.15) is 5.56 Å². The van der Waals surface area contributed by atoms with E-state index in [-0.39, 0.29) is 11.1 Å². The van der Waals surface area contributed by atoms with Gasteiger partial charge in [-0.2, -0.15) is 5.26 Å². The lowest BCUT2D eigenvalue weighted by molar-refractivity contribution is 0.395. The summed E-state index contributed by atoms with van der Waals surface area (Å²) in [5, 5.41) is 8.87. The Bertz CT molecular complexity index is 742. The molecule has 2 aromatic rings. The van der Waals surface area contributed by atoms with Crippen molar-refractivity contribution >= 4 is 0 Å². The highest BCUT2D eigenvalue weighted by Gasteiger charge is 2.12. The SMILES string of the molecule is COc1ccc(-c2ccc(C#N)c(=O)n2C)c(OC)c1. The summed E-state index contributed by atoms with van der Waals surface area (Å²) in [5.41, 5.74) is 1.22. The first kappa shape index (κ1) is 13.7. The van der Waals surface area contributed by atoms with Gasteiger partial charge in [0.15, 0.2) is 0 Å². The van der Waals surface area contributed by atoms with Crippen LogP contribution in [-0.2, 0) is 7.05 Å². The van der Waals surface area contributed by atoms with Crippen LogP contribution in [0.2, 0.25) is 0 Å². The summed E-state index contributed by atoms with van der Waals surface area (Å²) >= 11 is 0. The van der Waals surface area contributed by atoms with Gasteiger partial charge in [-0.15, -0.1) is 0 Å². The van der Waals surface area contributed by atoms with Crippen LogP contribution < -0.4 is 15.0 Å². The molecule has 0 aliphatic carbocycles. The summed E-state index contributed by atoms with van der Waals surface area (Å²) in [6.45, 7) is 0. The van der Waals surface area contributed by atoms with Crippen LogP contribution in [0.4, 0.5) is 0 Å². The number of rotatable bonds is 3. The van der Waals surface area contributed by atoms with E-state index in [2.05, 4.69) is 0 Å². The predicted molar refractivity (Wildman–Crippen MR) is 74.9 cm³/mol. The molecular formula is C15H14N2O3. The van der Waals surface area contributed by atoms with E-state index in [1.54, 1.807) is 39.5 Å². The van der Waals surface area contributed by atoms with Crippen molar-refractivity contribution in [2.45, 2.75) is 0 Å². The Morgan fingerprint density at radius 3 is 2.50 bits per heavy atom. The number of methoxy groups -OCH3 is 2. The Labute approximate surface area is 116 Å². The number of ether oxygens (including phenoxy) is 2. The second-order valence-electron chi connectivity index (χ2n) is 4.17. The van der Waals surface area contributed by atoms with E-state index in [0.717, 1.165) is 5.56 Å². The van der Waals surface area contributed by atoms with Gasteiger partial charge in [-0.3, -0.25) is 4.79 Å². The van der Waals surface area contributed by atoms with Gasteiger partial charge in [-0.1, -0.05) is 0 Å². The molecule has 102 valence electrons. The molecule has 20 heavy (non-hydrogen) atoms. The minimum absolute atomic E-state index is 0.115. The summed E-state index contributed by atoms with van der Waals surface area (Å²) in [7, 11) is 4.76. The zero-order valence-corrected chi connectivity index (χ0v) is 11.5. The van der Waals surface area contributed by atoms with E-state index < -0.39 is 0 Å². The molecule has 5 nitrogen and oxygen atoms in total. The van der Waals surface area contributed by atoms with E-state index in [1.165, 1.54) is 10.6 Å². The van der Waals surface area contributed by atoms with Crippen LogP contribution in [0.5, 0.6) is 11.5 Å². The number of hydrogen-bond donors (Lipinski definition) is 0. The molecule has 0 fully saturated rings. The Morgan fingerprint density at radius 1 is 1.15 bits per heavy atom. The predicted octanol–water partition coefficient (Wildman–Crippen LogP) is 1.94. The highest BCUT2D eigenvalue weighted by Crippen LogP contribution is 2.32. The van der Waals surface area contributed by atoms with Gasteiger partial charge in [0.1, 0.15) is 23.1 Å². The van der Waals surface area contributed by atoms with Crippen LogP contribution in [-0.4, -0.2) is 18.8 Å². The van der Waals surface area contributed by atoms with E-state index >= 15 is 0 Å². The first-order valence-corrected chi connectivity index (χ1v) is 5.95. The minimum atomic E-state index is -0.331. The highest BCUT2D eigenvalue weighted by atomic mass is 16.5. The molecule has 0 aliphatic heterocycles. The fourth-order valence-electron chi connectivity index (χ4n) is 2.00. The van der Waals surface area contributed by atoms with Crippen LogP contribution in [0.15, 0.2) is 35.1 Å². The highest BCUT2D eigenvalue weighted by molar-refractivity contribution is 5.69. The minimum Gasteiger partial charge on any atom is -0.497 e. The molecule has 0 radical (unpaired) electrons. The molecule has 0 N–H and O–H groups in total. The molecular weight excluding hydrogens is 256 g/mol. The molecule has 0 saturated heterocycles. The number of nitrogens with zero attached hydrogens (tertiary/aromatic N) is 2. The van der Waals surface area contributed by atoms with Crippen LogP contribution in [0.3, 0.4) is 0 Å². The van der Waals surface area contributed by atoms with Crippen molar-refractivity contribution in [2.75, 3.05) is 14.2 Å².